The highest BCUT2D eigenvalue weighted by molar-refractivity contribution is 5.49. The van der Waals surface area contributed by atoms with Gasteiger partial charge in [0.1, 0.15) is 0 Å². The van der Waals surface area contributed by atoms with Gasteiger partial charge in [-0.1, -0.05) is 44.2 Å². The first-order valence-corrected chi connectivity index (χ1v) is 7.25. The molecule has 2 aromatic carbocycles. The lowest BCUT2D eigenvalue weighted by Crippen LogP contribution is -2.13. The van der Waals surface area contributed by atoms with Gasteiger partial charge in [-0.2, -0.15) is 0 Å². The van der Waals surface area contributed by atoms with E-state index in [0.29, 0.717) is 5.92 Å². The van der Waals surface area contributed by atoms with Crippen molar-refractivity contribution >= 4 is 5.69 Å². The van der Waals surface area contributed by atoms with Crippen molar-refractivity contribution in [3.05, 3.63) is 59.9 Å². The van der Waals surface area contributed by atoms with Gasteiger partial charge in [-0.15, -0.1) is 0 Å². The summed E-state index contributed by atoms with van der Waals surface area (Å²) in [5.41, 5.74) is 1.98. The summed E-state index contributed by atoms with van der Waals surface area (Å²) in [4.78, 5) is 0. The number of hydrogen-bond donors (Lipinski definition) is 1. The Kier molecular flexibility index (Phi) is 5.20. The molecule has 112 valence electrons. The van der Waals surface area contributed by atoms with E-state index in [1.165, 1.54) is 18.7 Å². The SMILES string of the molecule is COc1ccc(NC(CC(C)C)c2ccccc2)cc1F. The average Bonchev–Trinajstić information content (AvgIpc) is 2.47. The number of nitrogens with one attached hydrogen (secondary N) is 1. The molecule has 0 saturated heterocycles. The Balaban J connectivity index is 2.21. The predicted octanol–water partition coefficient (Wildman–Crippen LogP) is 5.03. The molecule has 1 N–H and O–H groups in total. The Morgan fingerprint density at radius 1 is 1.10 bits per heavy atom. The number of rotatable bonds is 6. The third-order valence-electron chi connectivity index (χ3n) is 3.40. The topological polar surface area (TPSA) is 21.3 Å². The fraction of sp³-hybridized carbons (Fsp3) is 0.333. The molecule has 0 saturated carbocycles. The average molecular weight is 287 g/mol. The normalized spacial score (nSPS) is 12.2. The Hall–Kier alpha value is -2.03. The Morgan fingerprint density at radius 3 is 2.38 bits per heavy atom. The third kappa shape index (κ3) is 4.22. The van der Waals surface area contributed by atoms with Gasteiger partial charge in [-0.3, -0.25) is 0 Å². The number of anilines is 1. The Labute approximate surface area is 126 Å². The molecule has 0 bridgehead atoms. The van der Waals surface area contributed by atoms with Crippen LogP contribution in [0.5, 0.6) is 5.75 Å². The molecular formula is C18H22FNO. The van der Waals surface area contributed by atoms with Gasteiger partial charge in [0, 0.05) is 11.8 Å². The molecule has 0 aliphatic rings. The molecule has 0 aliphatic carbocycles. The largest absolute Gasteiger partial charge is 0.494 e. The van der Waals surface area contributed by atoms with Crippen molar-refractivity contribution in [2.75, 3.05) is 12.4 Å². The van der Waals surface area contributed by atoms with E-state index in [0.717, 1.165) is 12.1 Å². The van der Waals surface area contributed by atoms with Crippen LogP contribution in [0.15, 0.2) is 48.5 Å². The van der Waals surface area contributed by atoms with E-state index in [1.54, 1.807) is 6.07 Å². The first-order valence-electron chi connectivity index (χ1n) is 7.25. The maximum absolute atomic E-state index is 13.8. The molecule has 0 aliphatic heterocycles. The lowest BCUT2D eigenvalue weighted by molar-refractivity contribution is 0.386. The van der Waals surface area contributed by atoms with Gasteiger partial charge in [0.2, 0.25) is 0 Å². The lowest BCUT2D eigenvalue weighted by atomic mass is 9.97. The number of methoxy groups -OCH3 is 1. The monoisotopic (exact) mass is 287 g/mol. The van der Waals surface area contributed by atoms with Crippen LogP contribution >= 0.6 is 0 Å². The molecule has 0 heterocycles. The molecule has 2 rings (SSSR count). The minimum atomic E-state index is -0.348. The first kappa shape index (κ1) is 15.4. The van der Waals surface area contributed by atoms with Crippen LogP contribution in [0.4, 0.5) is 10.1 Å². The van der Waals surface area contributed by atoms with Gasteiger partial charge in [-0.05, 0) is 30.0 Å². The van der Waals surface area contributed by atoms with Crippen molar-refractivity contribution in [1.29, 1.82) is 0 Å². The predicted molar refractivity (Wildman–Crippen MR) is 85.2 cm³/mol. The summed E-state index contributed by atoms with van der Waals surface area (Å²) in [5, 5.41) is 3.42. The van der Waals surface area contributed by atoms with E-state index >= 15 is 0 Å². The van der Waals surface area contributed by atoms with Crippen molar-refractivity contribution in [3.8, 4) is 5.75 Å². The number of hydrogen-bond acceptors (Lipinski definition) is 2. The van der Waals surface area contributed by atoms with Crippen LogP contribution in [0, 0.1) is 11.7 Å². The number of halogens is 1. The van der Waals surface area contributed by atoms with E-state index < -0.39 is 0 Å². The van der Waals surface area contributed by atoms with Crippen LogP contribution in [-0.2, 0) is 0 Å². The smallest absolute Gasteiger partial charge is 0.167 e. The van der Waals surface area contributed by atoms with Crippen LogP contribution in [0.3, 0.4) is 0 Å². The molecule has 0 fully saturated rings. The fourth-order valence-corrected chi connectivity index (χ4v) is 2.39. The molecule has 2 nitrogen and oxygen atoms in total. The second-order valence-electron chi connectivity index (χ2n) is 5.59. The number of ether oxygens (including phenoxy) is 1. The summed E-state index contributed by atoms with van der Waals surface area (Å²) in [6.07, 6.45) is 0.984. The maximum Gasteiger partial charge on any atom is 0.167 e. The van der Waals surface area contributed by atoms with Crippen molar-refractivity contribution in [2.45, 2.75) is 26.3 Å². The Bertz CT molecular complexity index is 569. The molecule has 0 amide bonds. The van der Waals surface area contributed by atoms with Crippen LogP contribution in [0.25, 0.3) is 0 Å². The van der Waals surface area contributed by atoms with Crippen molar-refractivity contribution in [1.82, 2.24) is 0 Å². The maximum atomic E-state index is 13.8. The molecule has 3 heteroatoms. The van der Waals surface area contributed by atoms with Gasteiger partial charge in [-0.25, -0.2) is 4.39 Å². The lowest BCUT2D eigenvalue weighted by Gasteiger charge is -2.22. The van der Waals surface area contributed by atoms with Crippen LogP contribution in [0.2, 0.25) is 0 Å². The van der Waals surface area contributed by atoms with Crippen molar-refractivity contribution < 1.29 is 9.13 Å². The number of benzene rings is 2. The molecule has 0 aromatic heterocycles. The summed E-state index contributed by atoms with van der Waals surface area (Å²) in [7, 11) is 1.47. The third-order valence-corrected chi connectivity index (χ3v) is 3.40. The molecule has 0 spiro atoms. The second kappa shape index (κ2) is 7.11. The van der Waals surface area contributed by atoms with E-state index in [4.69, 9.17) is 4.74 Å². The highest BCUT2D eigenvalue weighted by atomic mass is 19.1. The second-order valence-corrected chi connectivity index (χ2v) is 5.59. The zero-order valence-electron chi connectivity index (χ0n) is 12.8. The van der Waals surface area contributed by atoms with Gasteiger partial charge in [0.05, 0.1) is 13.2 Å². The molecule has 0 radical (unpaired) electrons. The van der Waals surface area contributed by atoms with Gasteiger partial charge < -0.3 is 10.1 Å². The highest BCUT2D eigenvalue weighted by Crippen LogP contribution is 2.28. The summed E-state index contributed by atoms with van der Waals surface area (Å²) in [6, 6.07) is 15.4. The zero-order valence-corrected chi connectivity index (χ0v) is 12.8. The van der Waals surface area contributed by atoms with Crippen LogP contribution < -0.4 is 10.1 Å². The minimum absolute atomic E-state index is 0.166. The summed E-state index contributed by atoms with van der Waals surface area (Å²) in [5.74, 6) is 0.463. The quantitative estimate of drug-likeness (QED) is 0.804. The first-order chi connectivity index (χ1) is 10.1. The van der Waals surface area contributed by atoms with Crippen LogP contribution in [0.1, 0.15) is 31.9 Å². The summed E-state index contributed by atoms with van der Waals surface area (Å²) in [6.45, 7) is 4.37. The standard InChI is InChI=1S/C18H22FNO/c1-13(2)11-17(14-7-5-4-6-8-14)20-15-9-10-18(21-3)16(19)12-15/h4-10,12-13,17,20H,11H2,1-3H3. The molecule has 21 heavy (non-hydrogen) atoms. The minimum Gasteiger partial charge on any atom is -0.494 e. The molecule has 2 aromatic rings. The van der Waals surface area contributed by atoms with Gasteiger partial charge in [0.15, 0.2) is 11.6 Å². The molecule has 1 atom stereocenters. The fourth-order valence-electron chi connectivity index (χ4n) is 2.39. The van der Waals surface area contributed by atoms with E-state index in [-0.39, 0.29) is 17.6 Å². The van der Waals surface area contributed by atoms with Gasteiger partial charge in [0.25, 0.3) is 0 Å². The Morgan fingerprint density at radius 2 is 1.81 bits per heavy atom. The van der Waals surface area contributed by atoms with Crippen molar-refractivity contribution in [2.24, 2.45) is 5.92 Å². The molecule has 1 unspecified atom stereocenters. The van der Waals surface area contributed by atoms with E-state index in [9.17, 15) is 4.39 Å². The van der Waals surface area contributed by atoms with Gasteiger partial charge >= 0.3 is 0 Å². The molecular weight excluding hydrogens is 265 g/mol. The van der Waals surface area contributed by atoms with Crippen molar-refractivity contribution in [3.63, 3.8) is 0 Å². The van der Waals surface area contributed by atoms with E-state index in [1.807, 2.05) is 24.3 Å². The summed E-state index contributed by atoms with van der Waals surface area (Å²) >= 11 is 0. The zero-order chi connectivity index (χ0) is 15.2. The summed E-state index contributed by atoms with van der Waals surface area (Å²) < 4.78 is 18.8. The van der Waals surface area contributed by atoms with E-state index in [2.05, 4.69) is 31.3 Å². The van der Waals surface area contributed by atoms with Crippen LogP contribution in [-0.4, -0.2) is 7.11 Å². The highest BCUT2D eigenvalue weighted by Gasteiger charge is 2.14.